The Morgan fingerprint density at radius 1 is 1.15 bits per heavy atom. The molecule has 0 spiro atoms. The summed E-state index contributed by atoms with van der Waals surface area (Å²) in [6, 6.07) is 3.54. The Labute approximate surface area is 169 Å². The number of unbranched alkanes of at least 4 members (excludes halogenated alkanes) is 2. The van der Waals surface area contributed by atoms with Crippen molar-refractivity contribution in [3.8, 4) is 0 Å². The van der Waals surface area contributed by atoms with Gasteiger partial charge in [-0.25, -0.2) is 0 Å². The van der Waals surface area contributed by atoms with Crippen molar-refractivity contribution in [1.29, 1.82) is 0 Å². The first-order valence-electron chi connectivity index (χ1n) is 9.40. The van der Waals surface area contributed by atoms with E-state index in [0.717, 1.165) is 54.4 Å². The molecule has 1 aliphatic carbocycles. The van der Waals surface area contributed by atoms with E-state index in [2.05, 4.69) is 18.4 Å². The number of aromatic nitrogens is 1. The van der Waals surface area contributed by atoms with Crippen LogP contribution in [0.1, 0.15) is 62.0 Å². The number of aryl methyl sites for hydroxylation is 1. The molecule has 6 heteroatoms. The van der Waals surface area contributed by atoms with Gasteiger partial charge in [0.05, 0.1) is 15.6 Å². The van der Waals surface area contributed by atoms with Gasteiger partial charge in [0.1, 0.15) is 6.61 Å². The Balaban J connectivity index is 1.95. The van der Waals surface area contributed by atoms with Gasteiger partial charge < -0.3 is 9.67 Å². The number of hydrogen-bond donors (Lipinski definition) is 1. The summed E-state index contributed by atoms with van der Waals surface area (Å²) >= 11 is 13.0. The lowest BCUT2D eigenvalue weighted by Gasteiger charge is -2.30. The van der Waals surface area contributed by atoms with E-state index in [4.69, 9.17) is 28.3 Å². The molecule has 0 fully saturated rings. The van der Waals surface area contributed by atoms with E-state index in [1.54, 1.807) is 12.1 Å². The van der Waals surface area contributed by atoms with Gasteiger partial charge in [-0.1, -0.05) is 43.5 Å². The van der Waals surface area contributed by atoms with Crippen molar-refractivity contribution >= 4 is 45.7 Å². The molecule has 4 nitrogen and oxygen atoms in total. The molecule has 0 saturated carbocycles. The number of Topliss-reactive ketones (excluding diaryl/α,β-unsaturated/α-hetero) is 2. The number of nitrogens with zero attached hydrogens (tertiary/aromatic N) is 1. The van der Waals surface area contributed by atoms with E-state index in [0.29, 0.717) is 22.9 Å². The maximum Gasteiger partial charge on any atom is 0.165 e. The van der Waals surface area contributed by atoms with E-state index in [1.165, 1.54) is 0 Å². The maximum absolute atomic E-state index is 12.9. The lowest BCUT2D eigenvalue weighted by Crippen LogP contribution is -2.28. The number of hydrogen-bond acceptors (Lipinski definition) is 3. The highest BCUT2D eigenvalue weighted by atomic mass is 35.5. The van der Waals surface area contributed by atoms with Gasteiger partial charge in [-0.2, -0.15) is 0 Å². The molecule has 0 bridgehead atoms. The van der Waals surface area contributed by atoms with Crippen LogP contribution in [0, 0.1) is 5.41 Å². The minimum Gasteiger partial charge on any atom is -0.389 e. The molecule has 0 unspecified atom stereocenters. The topological polar surface area (TPSA) is 59.3 Å². The Morgan fingerprint density at radius 2 is 1.85 bits per heavy atom. The highest BCUT2D eigenvalue weighted by Gasteiger charge is 2.36. The molecule has 1 aromatic heterocycles. The Bertz CT molecular complexity index is 899. The zero-order valence-corrected chi connectivity index (χ0v) is 17.3. The molecule has 1 aromatic carbocycles. The Hall–Kier alpha value is -1.36. The number of benzene rings is 1. The van der Waals surface area contributed by atoms with Crippen LogP contribution >= 0.6 is 23.2 Å². The summed E-state index contributed by atoms with van der Waals surface area (Å²) in [6.45, 7) is 4.56. The van der Waals surface area contributed by atoms with Crippen molar-refractivity contribution in [3.05, 3.63) is 33.4 Å². The van der Waals surface area contributed by atoms with Gasteiger partial charge in [-0.05, 0) is 36.8 Å². The third-order valence-electron chi connectivity index (χ3n) is 5.29. The number of aliphatic hydroxyl groups is 1. The normalized spacial score (nSPS) is 16.0. The minimum absolute atomic E-state index is 0.0945. The molecular weight excluding hydrogens is 385 g/mol. The highest BCUT2D eigenvalue weighted by molar-refractivity contribution is 6.41. The third kappa shape index (κ3) is 4.08. The fourth-order valence-corrected chi connectivity index (χ4v) is 4.58. The van der Waals surface area contributed by atoms with Crippen LogP contribution in [0.4, 0.5) is 0 Å². The van der Waals surface area contributed by atoms with Crippen molar-refractivity contribution in [2.45, 2.75) is 58.9 Å². The molecular formula is C21H25Cl2NO3. The van der Waals surface area contributed by atoms with Crippen molar-refractivity contribution in [2.24, 2.45) is 5.41 Å². The van der Waals surface area contributed by atoms with E-state index >= 15 is 0 Å². The molecule has 1 aliphatic rings. The summed E-state index contributed by atoms with van der Waals surface area (Å²) < 4.78 is 2.16. The van der Waals surface area contributed by atoms with Crippen LogP contribution in [-0.2, 0) is 17.8 Å². The van der Waals surface area contributed by atoms with Crippen LogP contribution in [0.3, 0.4) is 0 Å². The van der Waals surface area contributed by atoms with Crippen LogP contribution in [0.15, 0.2) is 12.1 Å². The van der Waals surface area contributed by atoms with Crippen molar-refractivity contribution in [1.82, 2.24) is 4.57 Å². The van der Waals surface area contributed by atoms with Gasteiger partial charge in [-0.15, -0.1) is 0 Å². The summed E-state index contributed by atoms with van der Waals surface area (Å²) in [6.07, 6.45) is 4.20. The first-order chi connectivity index (χ1) is 12.7. The van der Waals surface area contributed by atoms with Gasteiger partial charge in [-0.3, -0.25) is 9.59 Å². The van der Waals surface area contributed by atoms with Crippen LogP contribution in [-0.4, -0.2) is 27.8 Å². The van der Waals surface area contributed by atoms with Gasteiger partial charge >= 0.3 is 0 Å². The number of carbonyl (C=O) groups is 2. The molecule has 3 rings (SSSR count). The monoisotopic (exact) mass is 409 g/mol. The summed E-state index contributed by atoms with van der Waals surface area (Å²) in [5.41, 5.74) is 2.49. The van der Waals surface area contributed by atoms with E-state index < -0.39 is 0 Å². The molecule has 0 amide bonds. The number of aliphatic hydroxyl groups excluding tert-OH is 1. The van der Waals surface area contributed by atoms with Crippen LogP contribution in [0.5, 0.6) is 0 Å². The number of ketones is 2. The number of rotatable bonds is 7. The largest absolute Gasteiger partial charge is 0.389 e. The van der Waals surface area contributed by atoms with E-state index in [-0.39, 0.29) is 23.6 Å². The van der Waals surface area contributed by atoms with Gasteiger partial charge in [0, 0.05) is 36.0 Å². The second-order valence-corrected chi connectivity index (χ2v) is 8.99. The Kier molecular flexibility index (Phi) is 5.99. The fourth-order valence-electron chi connectivity index (χ4n) is 4.07. The molecule has 27 heavy (non-hydrogen) atoms. The minimum atomic E-state index is -0.388. The standard InChI is InChI=1S/C21H25Cl2NO3/c1-21(2)10-16-19(17(27)11-21)18-14(22)7-8-15(23)20(18)24(16)9-5-3-4-6-13(26)12-25/h7-8,25H,3-6,9-12H2,1-2H3. The fraction of sp³-hybridized carbons (Fsp3) is 0.524. The second-order valence-electron chi connectivity index (χ2n) is 8.17. The smallest absolute Gasteiger partial charge is 0.165 e. The number of fused-ring (bicyclic) bond motifs is 3. The summed E-state index contributed by atoms with van der Waals surface area (Å²) in [5, 5.41) is 10.7. The first-order valence-corrected chi connectivity index (χ1v) is 10.2. The zero-order valence-electron chi connectivity index (χ0n) is 15.8. The molecule has 1 N–H and O–H groups in total. The van der Waals surface area contributed by atoms with Crippen LogP contribution in [0.2, 0.25) is 10.0 Å². The lowest BCUT2D eigenvalue weighted by molar-refractivity contribution is -0.121. The highest BCUT2D eigenvalue weighted by Crippen LogP contribution is 2.44. The predicted octanol–water partition coefficient (Wildman–Crippen LogP) is 5.23. The molecule has 0 aliphatic heterocycles. The second kappa shape index (κ2) is 7.94. The molecule has 146 valence electrons. The zero-order chi connectivity index (χ0) is 19.8. The number of carbonyl (C=O) groups excluding carboxylic acids is 2. The van der Waals surface area contributed by atoms with Crippen molar-refractivity contribution in [2.75, 3.05) is 6.61 Å². The summed E-state index contributed by atoms with van der Waals surface area (Å²) in [4.78, 5) is 24.1. The van der Waals surface area contributed by atoms with E-state index in [9.17, 15) is 9.59 Å². The lowest BCUT2D eigenvalue weighted by atomic mass is 9.75. The molecule has 1 heterocycles. The number of halogens is 2. The molecule has 0 radical (unpaired) electrons. The van der Waals surface area contributed by atoms with Gasteiger partial charge in [0.2, 0.25) is 0 Å². The van der Waals surface area contributed by atoms with Crippen LogP contribution < -0.4 is 0 Å². The quantitative estimate of drug-likeness (QED) is 0.637. The first kappa shape index (κ1) is 20.4. The van der Waals surface area contributed by atoms with Crippen molar-refractivity contribution < 1.29 is 14.7 Å². The van der Waals surface area contributed by atoms with Crippen LogP contribution in [0.25, 0.3) is 10.9 Å². The predicted molar refractivity (Wildman–Crippen MR) is 109 cm³/mol. The molecule has 2 aromatic rings. The summed E-state index contributed by atoms with van der Waals surface area (Å²) in [5.74, 6) is 0.00340. The average molecular weight is 410 g/mol. The average Bonchev–Trinajstić information content (AvgIpc) is 2.92. The maximum atomic E-state index is 12.9. The Morgan fingerprint density at radius 3 is 2.56 bits per heavy atom. The molecule has 0 saturated heterocycles. The SMILES string of the molecule is CC1(C)CC(=O)c2c(n(CCCCCC(=O)CO)c3c(Cl)ccc(Cl)c23)C1. The molecule has 0 atom stereocenters. The summed E-state index contributed by atoms with van der Waals surface area (Å²) in [7, 11) is 0. The van der Waals surface area contributed by atoms with Gasteiger partial charge in [0.15, 0.2) is 11.6 Å². The van der Waals surface area contributed by atoms with Gasteiger partial charge in [0.25, 0.3) is 0 Å². The van der Waals surface area contributed by atoms with E-state index in [1.807, 2.05) is 0 Å². The van der Waals surface area contributed by atoms with Crippen molar-refractivity contribution in [3.63, 3.8) is 0 Å². The third-order valence-corrected chi connectivity index (χ3v) is 5.91.